The van der Waals surface area contributed by atoms with Gasteiger partial charge in [0.2, 0.25) is 0 Å². The zero-order chi connectivity index (χ0) is 15.6. The van der Waals surface area contributed by atoms with Crippen molar-refractivity contribution in [1.29, 1.82) is 0 Å². The topological polar surface area (TPSA) is 28.4 Å². The second-order valence-electron chi connectivity index (χ2n) is 6.29. The zero-order valence-electron chi connectivity index (χ0n) is 14.2. The van der Waals surface area contributed by atoms with Gasteiger partial charge in [0.15, 0.2) is 0 Å². The maximum absolute atomic E-state index is 6.15. The molecule has 0 aliphatic carbocycles. The van der Waals surface area contributed by atoms with Gasteiger partial charge in [-0.3, -0.25) is 0 Å². The van der Waals surface area contributed by atoms with E-state index in [0.29, 0.717) is 0 Å². The predicted octanol–water partition coefficient (Wildman–Crippen LogP) is 4.12. The van der Waals surface area contributed by atoms with Crippen molar-refractivity contribution in [2.24, 2.45) is 0 Å². The molecule has 0 amide bonds. The molecule has 0 aliphatic heterocycles. The molecule has 2 atom stereocenters. The number of benzene rings is 1. The van der Waals surface area contributed by atoms with Crippen molar-refractivity contribution in [3.63, 3.8) is 0 Å². The number of furan rings is 1. The Kier molecular flexibility index (Phi) is 4.74. The minimum absolute atomic E-state index is 0.0128. The minimum Gasteiger partial charge on any atom is -0.459 e. The number of fused-ring (bicyclic) bond motifs is 1. The Morgan fingerprint density at radius 2 is 1.95 bits per heavy atom. The average molecular weight is 288 g/mol. The van der Waals surface area contributed by atoms with Crippen LogP contribution < -0.4 is 5.32 Å². The third-order valence-electron chi connectivity index (χ3n) is 4.74. The molecule has 0 saturated carbocycles. The maximum atomic E-state index is 6.15. The van der Waals surface area contributed by atoms with Crippen LogP contribution in [0.2, 0.25) is 0 Å². The summed E-state index contributed by atoms with van der Waals surface area (Å²) in [4.78, 5) is 2.29. The van der Waals surface area contributed by atoms with Gasteiger partial charge < -0.3 is 14.6 Å². The van der Waals surface area contributed by atoms with Crippen LogP contribution in [0.5, 0.6) is 0 Å². The van der Waals surface area contributed by atoms with Crippen LogP contribution in [0.15, 0.2) is 28.7 Å². The van der Waals surface area contributed by atoms with Gasteiger partial charge in [0.1, 0.15) is 11.3 Å². The molecule has 0 radical (unpaired) electrons. The van der Waals surface area contributed by atoms with E-state index >= 15 is 0 Å². The molecule has 2 rings (SSSR count). The van der Waals surface area contributed by atoms with Crippen molar-refractivity contribution in [3.05, 3.63) is 35.6 Å². The lowest BCUT2D eigenvalue weighted by molar-refractivity contribution is 0.103. The second kappa shape index (κ2) is 6.20. The van der Waals surface area contributed by atoms with E-state index in [4.69, 9.17) is 4.42 Å². The van der Waals surface area contributed by atoms with Gasteiger partial charge in [-0.05, 0) is 59.1 Å². The highest BCUT2D eigenvalue weighted by molar-refractivity contribution is 5.78. The van der Waals surface area contributed by atoms with Gasteiger partial charge in [0.25, 0.3) is 0 Å². The summed E-state index contributed by atoms with van der Waals surface area (Å²) >= 11 is 0. The van der Waals surface area contributed by atoms with Gasteiger partial charge in [0.05, 0.1) is 6.04 Å². The van der Waals surface area contributed by atoms with Gasteiger partial charge in [-0.2, -0.15) is 0 Å². The fourth-order valence-electron chi connectivity index (χ4n) is 2.94. The van der Waals surface area contributed by atoms with Gasteiger partial charge in [-0.15, -0.1) is 0 Å². The Bertz CT molecular complexity index is 602. The van der Waals surface area contributed by atoms with Crippen molar-refractivity contribution in [2.75, 3.05) is 20.6 Å². The first-order valence-electron chi connectivity index (χ1n) is 7.83. The third kappa shape index (κ3) is 2.99. The summed E-state index contributed by atoms with van der Waals surface area (Å²) in [7, 11) is 4.28. The molecule has 21 heavy (non-hydrogen) atoms. The van der Waals surface area contributed by atoms with Crippen LogP contribution in [0.25, 0.3) is 11.0 Å². The number of nitrogens with one attached hydrogen (secondary N) is 1. The van der Waals surface area contributed by atoms with Crippen molar-refractivity contribution in [2.45, 2.75) is 45.7 Å². The smallest absolute Gasteiger partial charge is 0.134 e. The van der Waals surface area contributed by atoms with Crippen LogP contribution in [0, 0.1) is 6.92 Å². The Balaban J connectivity index is 2.49. The summed E-state index contributed by atoms with van der Waals surface area (Å²) in [5.74, 6) is 1.02. The summed E-state index contributed by atoms with van der Waals surface area (Å²) in [6.07, 6.45) is 1.05. The fourth-order valence-corrected chi connectivity index (χ4v) is 2.94. The highest BCUT2D eigenvalue weighted by Crippen LogP contribution is 2.35. The van der Waals surface area contributed by atoms with E-state index in [1.54, 1.807) is 0 Å². The molecule has 2 aromatic rings. The molecule has 1 N–H and O–H groups in total. The highest BCUT2D eigenvalue weighted by Gasteiger charge is 2.37. The van der Waals surface area contributed by atoms with E-state index in [-0.39, 0.29) is 11.6 Å². The van der Waals surface area contributed by atoms with E-state index in [1.807, 2.05) is 0 Å². The van der Waals surface area contributed by atoms with Crippen LogP contribution in [0.4, 0.5) is 0 Å². The van der Waals surface area contributed by atoms with E-state index in [0.717, 1.165) is 24.3 Å². The highest BCUT2D eigenvalue weighted by atomic mass is 16.3. The monoisotopic (exact) mass is 288 g/mol. The molecule has 1 aromatic heterocycles. The fraction of sp³-hybridized carbons (Fsp3) is 0.556. The minimum atomic E-state index is 0.0128. The first kappa shape index (κ1) is 16.1. The lowest BCUT2D eigenvalue weighted by Crippen LogP contribution is -2.51. The van der Waals surface area contributed by atoms with Crippen LogP contribution in [0.1, 0.15) is 44.6 Å². The lowest BCUT2D eigenvalue weighted by Gasteiger charge is -2.42. The average Bonchev–Trinajstić information content (AvgIpc) is 2.86. The van der Waals surface area contributed by atoms with E-state index < -0.39 is 0 Å². The number of hydrogen-bond donors (Lipinski definition) is 1. The maximum Gasteiger partial charge on any atom is 0.134 e. The summed E-state index contributed by atoms with van der Waals surface area (Å²) in [5, 5.41) is 4.80. The number of nitrogens with zero attached hydrogens (tertiary/aromatic N) is 1. The summed E-state index contributed by atoms with van der Waals surface area (Å²) in [5.41, 5.74) is 2.25. The molecule has 0 bridgehead atoms. The van der Waals surface area contributed by atoms with E-state index in [9.17, 15) is 0 Å². The molecule has 1 aromatic carbocycles. The van der Waals surface area contributed by atoms with E-state index in [1.165, 1.54) is 10.9 Å². The Morgan fingerprint density at radius 1 is 1.24 bits per heavy atom. The summed E-state index contributed by atoms with van der Waals surface area (Å²) in [6, 6.07) is 8.71. The number of rotatable bonds is 6. The first-order valence-corrected chi connectivity index (χ1v) is 7.83. The SMILES string of the molecule is CCNC(c1cc2cc(C)ccc2o1)C(C)(CC)N(C)C. The third-order valence-corrected chi connectivity index (χ3v) is 4.74. The molecule has 116 valence electrons. The molecule has 0 saturated heterocycles. The molecule has 1 heterocycles. The van der Waals surface area contributed by atoms with Crippen molar-refractivity contribution in [3.8, 4) is 0 Å². The standard InChI is InChI=1S/C18H28N2O/c1-7-18(4,20(5)6)17(19-8-2)16-12-14-11-13(3)9-10-15(14)21-16/h9-12,17,19H,7-8H2,1-6H3. The first-order chi connectivity index (χ1) is 9.92. The molecule has 0 fully saturated rings. The second-order valence-corrected chi connectivity index (χ2v) is 6.29. The summed E-state index contributed by atoms with van der Waals surface area (Å²) < 4.78 is 6.15. The quantitative estimate of drug-likeness (QED) is 0.866. The van der Waals surface area contributed by atoms with Crippen molar-refractivity contribution < 1.29 is 4.42 Å². The van der Waals surface area contributed by atoms with Crippen LogP contribution in [0.3, 0.4) is 0 Å². The van der Waals surface area contributed by atoms with Crippen LogP contribution >= 0.6 is 0 Å². The molecule has 0 spiro atoms. The summed E-state index contributed by atoms with van der Waals surface area (Å²) in [6.45, 7) is 9.70. The molecule has 2 unspecified atom stereocenters. The lowest BCUT2D eigenvalue weighted by atomic mass is 9.86. The van der Waals surface area contributed by atoms with Gasteiger partial charge in [-0.1, -0.05) is 25.5 Å². The predicted molar refractivity (Wildman–Crippen MR) is 89.8 cm³/mol. The zero-order valence-corrected chi connectivity index (χ0v) is 14.2. The largest absolute Gasteiger partial charge is 0.459 e. The number of likely N-dealkylation sites (N-methyl/N-ethyl adjacent to an activating group) is 2. The number of hydrogen-bond acceptors (Lipinski definition) is 3. The normalized spacial score (nSPS) is 16.3. The van der Waals surface area contributed by atoms with Crippen LogP contribution in [-0.4, -0.2) is 31.1 Å². The molecule has 0 aliphatic rings. The molecular weight excluding hydrogens is 260 g/mol. The molecule has 3 heteroatoms. The molecule has 3 nitrogen and oxygen atoms in total. The Morgan fingerprint density at radius 3 is 2.52 bits per heavy atom. The van der Waals surface area contributed by atoms with E-state index in [2.05, 4.69) is 76.3 Å². The Hall–Kier alpha value is -1.32. The molecular formula is C18H28N2O. The van der Waals surface area contributed by atoms with Gasteiger partial charge in [0, 0.05) is 10.9 Å². The number of aryl methyl sites for hydroxylation is 1. The van der Waals surface area contributed by atoms with Gasteiger partial charge in [-0.25, -0.2) is 0 Å². The van der Waals surface area contributed by atoms with Crippen molar-refractivity contribution >= 4 is 11.0 Å². The van der Waals surface area contributed by atoms with Gasteiger partial charge >= 0.3 is 0 Å². The van der Waals surface area contributed by atoms with Crippen LogP contribution in [-0.2, 0) is 0 Å². The Labute approximate surface area is 128 Å². The van der Waals surface area contributed by atoms with Crippen molar-refractivity contribution in [1.82, 2.24) is 10.2 Å².